The maximum atomic E-state index is 5.71. The Balaban J connectivity index is 1.51. The monoisotopic (exact) mass is 297 g/mol. The minimum Gasteiger partial charge on any atom is -0.468 e. The molecule has 3 aliphatic heterocycles. The highest BCUT2D eigenvalue weighted by Crippen LogP contribution is 2.38. The highest BCUT2D eigenvalue weighted by molar-refractivity contribution is 8.14. The number of hydrogen-bond acceptors (Lipinski definition) is 8. The maximum Gasteiger partial charge on any atom is 0.268 e. The normalized spacial score (nSPS) is 25.8. The second-order valence-electron chi connectivity index (χ2n) is 4.79. The lowest BCUT2D eigenvalue weighted by atomic mass is 10.4. The molecule has 7 nitrogen and oxygen atoms in total. The Hall–Kier alpha value is -1.06. The van der Waals surface area contributed by atoms with Gasteiger partial charge < -0.3 is 18.6 Å². The van der Waals surface area contributed by atoms with Crippen LogP contribution in [0.1, 0.15) is 5.76 Å². The van der Waals surface area contributed by atoms with Gasteiger partial charge in [-0.3, -0.25) is 9.80 Å². The van der Waals surface area contributed by atoms with Gasteiger partial charge in [-0.2, -0.15) is 0 Å². The lowest BCUT2D eigenvalue weighted by Crippen LogP contribution is -2.59. The predicted molar refractivity (Wildman–Crippen MR) is 71.4 cm³/mol. The van der Waals surface area contributed by atoms with Crippen molar-refractivity contribution in [2.45, 2.75) is 12.5 Å². The Bertz CT molecular complexity index is 501. The quantitative estimate of drug-likeness (QED) is 0.808. The highest BCUT2D eigenvalue weighted by Gasteiger charge is 2.50. The van der Waals surface area contributed by atoms with Gasteiger partial charge in [0, 0.05) is 0 Å². The zero-order valence-corrected chi connectivity index (χ0v) is 11.7. The van der Waals surface area contributed by atoms with Crippen molar-refractivity contribution in [1.82, 2.24) is 9.80 Å². The van der Waals surface area contributed by atoms with E-state index in [9.17, 15) is 0 Å². The second kappa shape index (κ2) is 5.05. The van der Waals surface area contributed by atoms with Crippen molar-refractivity contribution in [3.05, 3.63) is 24.2 Å². The van der Waals surface area contributed by atoms with E-state index in [0.29, 0.717) is 19.1 Å². The van der Waals surface area contributed by atoms with E-state index < -0.39 is 5.91 Å². The predicted octanol–water partition coefficient (Wildman–Crippen LogP) is 1.05. The van der Waals surface area contributed by atoms with Crippen LogP contribution < -0.4 is 0 Å². The molecule has 0 aliphatic carbocycles. The van der Waals surface area contributed by atoms with E-state index in [1.165, 1.54) is 0 Å². The van der Waals surface area contributed by atoms with Gasteiger partial charge >= 0.3 is 0 Å². The number of ether oxygens (including phenoxy) is 3. The largest absolute Gasteiger partial charge is 0.468 e. The maximum absolute atomic E-state index is 5.71. The Labute approximate surface area is 120 Å². The smallest absolute Gasteiger partial charge is 0.268 e. The van der Waals surface area contributed by atoms with Gasteiger partial charge in [0.2, 0.25) is 0 Å². The first-order valence-electron chi connectivity index (χ1n) is 6.41. The summed E-state index contributed by atoms with van der Waals surface area (Å²) in [5, 5.41) is 0.975. The van der Waals surface area contributed by atoms with Crippen molar-refractivity contribution in [2.24, 2.45) is 4.99 Å². The molecule has 0 radical (unpaired) electrons. The number of rotatable bonds is 2. The molecule has 20 heavy (non-hydrogen) atoms. The van der Waals surface area contributed by atoms with Crippen LogP contribution in [-0.4, -0.2) is 53.6 Å². The lowest BCUT2D eigenvalue weighted by Gasteiger charge is -2.43. The van der Waals surface area contributed by atoms with Crippen molar-refractivity contribution < 1.29 is 18.6 Å². The third kappa shape index (κ3) is 2.13. The molecule has 8 heteroatoms. The van der Waals surface area contributed by atoms with Crippen molar-refractivity contribution in [3.63, 3.8) is 0 Å². The number of nitrogens with zero attached hydrogens (tertiary/aromatic N) is 3. The summed E-state index contributed by atoms with van der Waals surface area (Å²) in [7, 11) is 0. The van der Waals surface area contributed by atoms with E-state index in [2.05, 4.69) is 14.8 Å². The van der Waals surface area contributed by atoms with Crippen molar-refractivity contribution in [3.8, 4) is 0 Å². The summed E-state index contributed by atoms with van der Waals surface area (Å²) in [4.78, 5) is 8.83. The third-order valence-corrected chi connectivity index (χ3v) is 4.59. The Morgan fingerprint density at radius 2 is 2.25 bits per heavy atom. The first-order chi connectivity index (χ1) is 9.86. The van der Waals surface area contributed by atoms with Crippen LogP contribution in [-0.2, 0) is 20.8 Å². The average Bonchev–Trinajstić information content (AvgIpc) is 3.10. The molecular formula is C12H15N3O4S. The van der Waals surface area contributed by atoms with Gasteiger partial charge in [-0.15, -0.1) is 0 Å². The fourth-order valence-corrected chi connectivity index (χ4v) is 3.60. The number of amidine groups is 1. The molecule has 1 aromatic heterocycles. The standard InChI is InChI=1S/C12H15N3O4S/c1-2-10(17-3-1)4-14-6-13-11-15(7-14)12(5-20-11)18-8-16-9-19-12/h1-3H,4-9H2. The summed E-state index contributed by atoms with van der Waals surface area (Å²) >= 11 is 1.66. The lowest BCUT2D eigenvalue weighted by molar-refractivity contribution is -0.389. The van der Waals surface area contributed by atoms with E-state index >= 15 is 0 Å². The molecule has 0 atom stereocenters. The minimum absolute atomic E-state index is 0.253. The van der Waals surface area contributed by atoms with Gasteiger partial charge in [0.05, 0.1) is 31.9 Å². The Morgan fingerprint density at radius 1 is 1.35 bits per heavy atom. The Morgan fingerprint density at radius 3 is 3.05 bits per heavy atom. The average molecular weight is 297 g/mol. The zero-order chi connectivity index (χ0) is 13.4. The van der Waals surface area contributed by atoms with E-state index in [-0.39, 0.29) is 13.6 Å². The van der Waals surface area contributed by atoms with Crippen LogP contribution >= 0.6 is 11.8 Å². The molecule has 2 saturated heterocycles. The third-order valence-electron chi connectivity index (χ3n) is 3.47. The summed E-state index contributed by atoms with van der Waals surface area (Å²) in [6.45, 7) is 2.58. The van der Waals surface area contributed by atoms with Crippen LogP contribution in [0.15, 0.2) is 27.8 Å². The molecule has 4 rings (SSSR count). The van der Waals surface area contributed by atoms with E-state index in [4.69, 9.17) is 18.6 Å². The molecule has 0 aromatic carbocycles. The summed E-state index contributed by atoms with van der Waals surface area (Å²) < 4.78 is 21.9. The number of furan rings is 1. The van der Waals surface area contributed by atoms with Crippen molar-refractivity contribution in [1.29, 1.82) is 0 Å². The molecule has 0 N–H and O–H groups in total. The van der Waals surface area contributed by atoms with Gasteiger partial charge in [0.1, 0.15) is 5.76 Å². The van der Waals surface area contributed by atoms with Crippen LogP contribution in [0.4, 0.5) is 0 Å². The first kappa shape index (κ1) is 12.7. The van der Waals surface area contributed by atoms with Gasteiger partial charge in [-0.05, 0) is 12.1 Å². The molecule has 0 unspecified atom stereocenters. The van der Waals surface area contributed by atoms with E-state index in [1.807, 2.05) is 12.1 Å². The molecule has 0 bridgehead atoms. The Kier molecular flexibility index (Phi) is 3.20. The van der Waals surface area contributed by atoms with Crippen LogP contribution in [0.25, 0.3) is 0 Å². The minimum atomic E-state index is -0.733. The van der Waals surface area contributed by atoms with Gasteiger partial charge in [-0.25, -0.2) is 4.99 Å². The summed E-state index contributed by atoms with van der Waals surface area (Å²) in [6.07, 6.45) is 1.69. The highest BCUT2D eigenvalue weighted by atomic mass is 32.2. The summed E-state index contributed by atoms with van der Waals surface area (Å²) in [6, 6.07) is 3.86. The number of thioether (sulfide) groups is 1. The first-order valence-corrected chi connectivity index (χ1v) is 7.40. The second-order valence-corrected chi connectivity index (χ2v) is 5.73. The van der Waals surface area contributed by atoms with Crippen LogP contribution in [0, 0.1) is 0 Å². The molecular weight excluding hydrogens is 282 g/mol. The molecule has 0 amide bonds. The summed E-state index contributed by atoms with van der Waals surface area (Å²) in [5.41, 5.74) is 0. The van der Waals surface area contributed by atoms with Gasteiger partial charge in [0.25, 0.3) is 5.91 Å². The molecule has 1 aromatic rings. The molecule has 2 fully saturated rings. The van der Waals surface area contributed by atoms with Crippen LogP contribution in [0.3, 0.4) is 0 Å². The number of aliphatic imine (C=N–C) groups is 1. The molecule has 1 spiro atoms. The molecule has 3 aliphatic rings. The van der Waals surface area contributed by atoms with Crippen LogP contribution in [0.2, 0.25) is 0 Å². The van der Waals surface area contributed by atoms with Crippen molar-refractivity contribution >= 4 is 16.9 Å². The topological polar surface area (TPSA) is 59.7 Å². The van der Waals surface area contributed by atoms with E-state index in [0.717, 1.165) is 17.5 Å². The van der Waals surface area contributed by atoms with Crippen molar-refractivity contribution in [2.75, 3.05) is 32.7 Å². The fraction of sp³-hybridized carbons (Fsp3) is 0.583. The van der Waals surface area contributed by atoms with Gasteiger partial charge in [-0.1, -0.05) is 11.8 Å². The number of fused-ring (bicyclic) bond motifs is 2. The summed E-state index contributed by atoms with van der Waals surface area (Å²) in [5.74, 6) is 0.909. The molecule has 108 valence electrons. The van der Waals surface area contributed by atoms with Gasteiger partial charge in [0.15, 0.2) is 18.8 Å². The molecule has 4 heterocycles. The SMILES string of the molecule is c1coc(CN2CN=C3SCC4(OCOCO4)N3C2)c1. The van der Waals surface area contributed by atoms with Crippen LogP contribution in [0.5, 0.6) is 0 Å². The van der Waals surface area contributed by atoms with E-state index in [1.54, 1.807) is 18.0 Å². The molecule has 0 saturated carbocycles. The fourth-order valence-electron chi connectivity index (χ4n) is 2.47. The zero-order valence-electron chi connectivity index (χ0n) is 10.9. The number of hydrogen-bond donors (Lipinski definition) is 0.